The molecule has 1 aliphatic heterocycles. The number of fused-ring (bicyclic) bond motifs is 1. The van der Waals surface area contributed by atoms with E-state index in [2.05, 4.69) is 20.5 Å². The van der Waals surface area contributed by atoms with Crippen LogP contribution in [0.2, 0.25) is 0 Å². The number of piperidine rings is 1. The van der Waals surface area contributed by atoms with Gasteiger partial charge < -0.3 is 24.0 Å². The van der Waals surface area contributed by atoms with Crippen molar-refractivity contribution in [3.05, 3.63) is 89.2 Å². The number of carbonyl (C=O) groups is 1. The Bertz CT molecular complexity index is 1470. The Balaban J connectivity index is 1.16. The summed E-state index contributed by atoms with van der Waals surface area (Å²) in [6.07, 6.45) is 2.69. The van der Waals surface area contributed by atoms with E-state index in [0.29, 0.717) is 25.5 Å². The molecule has 0 atom stereocenters. The van der Waals surface area contributed by atoms with E-state index < -0.39 is 0 Å². The van der Waals surface area contributed by atoms with Crippen LogP contribution in [0.25, 0.3) is 11.0 Å². The van der Waals surface area contributed by atoms with Gasteiger partial charge in [0.05, 0.1) is 12.6 Å². The standard InChI is InChI=1S/C34H42N4O4/c1-4-37(5-2)34(40)26-15-13-25(14-16-26)23-27-9-6-7-11-30(27)42-22-21-36-19-17-28(18-20-36)38-32(24-39)35-29-10-8-12-31(41-3)33(29)38/h6-16,28,39H,4-5,17-24H2,1-3H3. The smallest absolute Gasteiger partial charge is 0.253 e. The van der Waals surface area contributed by atoms with Crippen molar-refractivity contribution < 1.29 is 19.4 Å². The monoisotopic (exact) mass is 570 g/mol. The summed E-state index contributed by atoms with van der Waals surface area (Å²) < 4.78 is 14.1. The minimum atomic E-state index is -0.0934. The molecule has 3 aromatic carbocycles. The van der Waals surface area contributed by atoms with Crippen LogP contribution in [0.15, 0.2) is 66.7 Å². The van der Waals surface area contributed by atoms with Gasteiger partial charge in [0.1, 0.15) is 36.1 Å². The fourth-order valence-corrected chi connectivity index (χ4v) is 5.99. The number of imidazole rings is 1. The molecule has 1 saturated heterocycles. The van der Waals surface area contributed by atoms with Gasteiger partial charge in [-0.15, -0.1) is 0 Å². The number of aliphatic hydroxyl groups is 1. The van der Waals surface area contributed by atoms with E-state index in [9.17, 15) is 9.90 Å². The second kappa shape index (κ2) is 13.9. The third-order valence-corrected chi connectivity index (χ3v) is 8.31. The molecule has 8 nitrogen and oxygen atoms in total. The quantitative estimate of drug-likeness (QED) is 0.248. The van der Waals surface area contributed by atoms with Crippen molar-refractivity contribution in [3.63, 3.8) is 0 Å². The highest BCUT2D eigenvalue weighted by atomic mass is 16.5. The summed E-state index contributed by atoms with van der Waals surface area (Å²) >= 11 is 0. The zero-order chi connectivity index (χ0) is 29.5. The fraction of sp³-hybridized carbons (Fsp3) is 0.412. The van der Waals surface area contributed by atoms with Gasteiger partial charge in [0.15, 0.2) is 0 Å². The van der Waals surface area contributed by atoms with Crippen molar-refractivity contribution in [1.29, 1.82) is 0 Å². The molecular formula is C34H42N4O4. The topological polar surface area (TPSA) is 80.1 Å². The number of nitrogens with zero attached hydrogens (tertiary/aromatic N) is 4. The van der Waals surface area contributed by atoms with Crippen LogP contribution in [0.3, 0.4) is 0 Å². The van der Waals surface area contributed by atoms with Crippen molar-refractivity contribution in [3.8, 4) is 11.5 Å². The molecule has 0 aliphatic carbocycles. The summed E-state index contributed by atoms with van der Waals surface area (Å²) in [5, 5.41) is 10.0. The Kier molecular flexibility index (Phi) is 9.77. The van der Waals surface area contributed by atoms with Gasteiger partial charge >= 0.3 is 0 Å². The van der Waals surface area contributed by atoms with E-state index in [-0.39, 0.29) is 18.6 Å². The van der Waals surface area contributed by atoms with Crippen LogP contribution in [-0.2, 0) is 13.0 Å². The molecule has 0 saturated carbocycles. The molecule has 5 rings (SSSR count). The molecule has 1 fully saturated rings. The summed E-state index contributed by atoms with van der Waals surface area (Å²) in [6, 6.07) is 22.3. The Morgan fingerprint density at radius 1 is 0.976 bits per heavy atom. The second-order valence-corrected chi connectivity index (χ2v) is 10.8. The molecule has 2 heterocycles. The first-order valence-corrected chi connectivity index (χ1v) is 15.0. The van der Waals surface area contributed by atoms with Crippen LogP contribution < -0.4 is 9.47 Å². The summed E-state index contributed by atoms with van der Waals surface area (Å²) in [5.41, 5.74) is 4.83. The van der Waals surface area contributed by atoms with E-state index in [4.69, 9.17) is 9.47 Å². The number of carbonyl (C=O) groups excluding carboxylic acids is 1. The summed E-state index contributed by atoms with van der Waals surface area (Å²) in [6.45, 7) is 8.70. The molecule has 0 radical (unpaired) electrons. The number of aliphatic hydroxyl groups excluding tert-OH is 1. The minimum absolute atomic E-state index is 0.0752. The van der Waals surface area contributed by atoms with Crippen molar-refractivity contribution in [2.75, 3.05) is 46.4 Å². The number of hydrogen-bond donors (Lipinski definition) is 1. The minimum Gasteiger partial charge on any atom is -0.494 e. The van der Waals surface area contributed by atoms with Crippen molar-refractivity contribution in [2.24, 2.45) is 0 Å². The maximum atomic E-state index is 12.6. The van der Waals surface area contributed by atoms with Gasteiger partial charge in [0, 0.05) is 50.7 Å². The molecule has 1 aromatic heterocycles. The maximum Gasteiger partial charge on any atom is 0.253 e. The first kappa shape index (κ1) is 29.6. The molecule has 0 spiro atoms. The van der Waals surface area contributed by atoms with Crippen LogP contribution in [0.5, 0.6) is 11.5 Å². The summed E-state index contributed by atoms with van der Waals surface area (Å²) in [5.74, 6) is 2.46. The van der Waals surface area contributed by atoms with Crippen LogP contribution >= 0.6 is 0 Å². The lowest BCUT2D eigenvalue weighted by atomic mass is 10.0. The van der Waals surface area contributed by atoms with Gasteiger partial charge in [-0.3, -0.25) is 9.69 Å². The summed E-state index contributed by atoms with van der Waals surface area (Å²) in [7, 11) is 1.68. The van der Waals surface area contributed by atoms with Gasteiger partial charge in [0.2, 0.25) is 0 Å². The van der Waals surface area contributed by atoms with E-state index in [1.54, 1.807) is 7.11 Å². The zero-order valence-electron chi connectivity index (χ0n) is 25.0. The Hall–Kier alpha value is -3.88. The number of para-hydroxylation sites is 2. The van der Waals surface area contributed by atoms with Gasteiger partial charge in [-0.2, -0.15) is 0 Å². The average Bonchev–Trinajstić information content (AvgIpc) is 3.42. The number of ether oxygens (including phenoxy) is 2. The lowest BCUT2D eigenvalue weighted by molar-refractivity contribution is 0.0773. The van der Waals surface area contributed by atoms with Gasteiger partial charge in [-0.25, -0.2) is 4.98 Å². The zero-order valence-corrected chi connectivity index (χ0v) is 25.0. The van der Waals surface area contributed by atoms with Crippen molar-refractivity contribution in [2.45, 2.75) is 45.8 Å². The van der Waals surface area contributed by atoms with Crippen LogP contribution in [-0.4, -0.2) is 76.8 Å². The highest BCUT2D eigenvalue weighted by molar-refractivity contribution is 5.94. The van der Waals surface area contributed by atoms with Gasteiger partial charge in [-0.1, -0.05) is 36.4 Å². The molecule has 1 N–H and O–H groups in total. The number of rotatable bonds is 12. The van der Waals surface area contributed by atoms with E-state index >= 15 is 0 Å². The fourth-order valence-electron chi connectivity index (χ4n) is 5.99. The van der Waals surface area contributed by atoms with E-state index in [1.165, 1.54) is 0 Å². The Morgan fingerprint density at radius 3 is 2.38 bits per heavy atom. The Labute approximate surface area is 248 Å². The lowest BCUT2D eigenvalue weighted by Gasteiger charge is -2.33. The molecule has 42 heavy (non-hydrogen) atoms. The van der Waals surface area contributed by atoms with Crippen LogP contribution in [0, 0.1) is 0 Å². The molecule has 4 aromatic rings. The number of benzene rings is 3. The van der Waals surface area contributed by atoms with Crippen molar-refractivity contribution >= 4 is 16.9 Å². The van der Waals surface area contributed by atoms with Gasteiger partial charge in [0.25, 0.3) is 5.91 Å². The SMILES string of the molecule is CCN(CC)C(=O)c1ccc(Cc2ccccc2OCCN2CCC(n3c(CO)nc4cccc(OC)c43)CC2)cc1. The lowest BCUT2D eigenvalue weighted by Crippen LogP contribution is -2.37. The highest BCUT2D eigenvalue weighted by Gasteiger charge is 2.26. The molecule has 0 bridgehead atoms. The first-order valence-electron chi connectivity index (χ1n) is 15.0. The molecule has 0 unspecified atom stereocenters. The molecule has 222 valence electrons. The van der Waals surface area contributed by atoms with Crippen molar-refractivity contribution in [1.82, 2.24) is 19.4 Å². The normalized spacial score (nSPS) is 14.3. The summed E-state index contributed by atoms with van der Waals surface area (Å²) in [4.78, 5) is 21.6. The van der Waals surface area contributed by atoms with E-state index in [0.717, 1.165) is 78.1 Å². The number of amides is 1. The van der Waals surface area contributed by atoms with Crippen LogP contribution in [0.4, 0.5) is 0 Å². The third-order valence-electron chi connectivity index (χ3n) is 8.31. The van der Waals surface area contributed by atoms with E-state index in [1.807, 2.05) is 79.4 Å². The number of hydrogen-bond acceptors (Lipinski definition) is 6. The molecule has 8 heteroatoms. The molecular weight excluding hydrogens is 528 g/mol. The number of aromatic nitrogens is 2. The highest BCUT2D eigenvalue weighted by Crippen LogP contribution is 2.34. The third kappa shape index (κ3) is 6.45. The Morgan fingerprint density at radius 2 is 1.69 bits per heavy atom. The molecule has 1 aliphatic rings. The van der Waals surface area contributed by atoms with Crippen LogP contribution in [0.1, 0.15) is 60.0 Å². The van der Waals surface area contributed by atoms with Gasteiger partial charge in [-0.05, 0) is 68.1 Å². The number of likely N-dealkylation sites (tertiary alicyclic amines) is 1. The predicted octanol–water partition coefficient (Wildman–Crippen LogP) is 5.33. The first-order chi connectivity index (χ1) is 20.6. The number of methoxy groups -OCH3 is 1. The largest absolute Gasteiger partial charge is 0.494 e. The maximum absolute atomic E-state index is 12.6. The molecule has 1 amide bonds. The second-order valence-electron chi connectivity index (χ2n) is 10.8. The predicted molar refractivity (Wildman–Crippen MR) is 165 cm³/mol. The average molecular weight is 571 g/mol.